The summed E-state index contributed by atoms with van der Waals surface area (Å²) in [6, 6.07) is 13.9. The van der Waals surface area contributed by atoms with E-state index in [9.17, 15) is 9.59 Å². The van der Waals surface area contributed by atoms with Gasteiger partial charge in [0.1, 0.15) is 12.1 Å². The lowest BCUT2D eigenvalue weighted by Gasteiger charge is -2.19. The van der Waals surface area contributed by atoms with Crippen LogP contribution in [0.4, 0.5) is 0 Å². The van der Waals surface area contributed by atoms with Gasteiger partial charge in [0.05, 0.1) is 37.1 Å². The number of rotatable bonds is 10. The largest absolute Gasteiger partial charge is 0.497 e. The summed E-state index contributed by atoms with van der Waals surface area (Å²) < 4.78 is 12.2. The Labute approximate surface area is 201 Å². The van der Waals surface area contributed by atoms with Gasteiger partial charge in [-0.05, 0) is 49.7 Å². The molecule has 8 nitrogen and oxygen atoms in total. The molecule has 174 valence electrons. The fourth-order valence-electron chi connectivity index (χ4n) is 3.06. The van der Waals surface area contributed by atoms with Gasteiger partial charge in [-0.3, -0.25) is 14.2 Å². The minimum absolute atomic E-state index is 0.0135. The number of hydrogen-bond donors (Lipinski definition) is 1. The SMILES string of the molecule is COc1ccc(C(CC(=O)OC(C)C)NC(=O)CSc2nncn2-c2cccc(Cl)c2)cc1. The lowest BCUT2D eigenvalue weighted by molar-refractivity contribution is -0.148. The first-order valence-corrected chi connectivity index (χ1v) is 11.6. The van der Waals surface area contributed by atoms with Crippen molar-refractivity contribution in [1.82, 2.24) is 20.1 Å². The highest BCUT2D eigenvalue weighted by molar-refractivity contribution is 7.99. The van der Waals surface area contributed by atoms with Crippen LogP contribution in [0.5, 0.6) is 5.75 Å². The first-order chi connectivity index (χ1) is 15.9. The van der Waals surface area contributed by atoms with Crippen molar-refractivity contribution in [2.24, 2.45) is 0 Å². The molecule has 1 N–H and O–H groups in total. The van der Waals surface area contributed by atoms with Gasteiger partial charge in [-0.1, -0.05) is 41.6 Å². The minimum Gasteiger partial charge on any atom is -0.497 e. The van der Waals surface area contributed by atoms with Gasteiger partial charge in [0, 0.05) is 5.02 Å². The molecule has 3 rings (SSSR count). The van der Waals surface area contributed by atoms with Crippen LogP contribution in [-0.4, -0.2) is 45.6 Å². The topological polar surface area (TPSA) is 95.3 Å². The van der Waals surface area contributed by atoms with Crippen molar-refractivity contribution in [2.75, 3.05) is 12.9 Å². The van der Waals surface area contributed by atoms with E-state index in [1.165, 1.54) is 11.8 Å². The van der Waals surface area contributed by atoms with E-state index >= 15 is 0 Å². The Hall–Kier alpha value is -3.04. The highest BCUT2D eigenvalue weighted by Gasteiger charge is 2.21. The smallest absolute Gasteiger partial charge is 0.308 e. The van der Waals surface area contributed by atoms with E-state index in [-0.39, 0.29) is 30.2 Å². The highest BCUT2D eigenvalue weighted by Crippen LogP contribution is 2.24. The molecule has 1 aromatic heterocycles. The van der Waals surface area contributed by atoms with Crippen LogP contribution in [0.25, 0.3) is 5.69 Å². The van der Waals surface area contributed by atoms with Crippen LogP contribution >= 0.6 is 23.4 Å². The van der Waals surface area contributed by atoms with Crippen molar-refractivity contribution >= 4 is 35.2 Å². The number of halogens is 1. The molecule has 2 aromatic carbocycles. The maximum absolute atomic E-state index is 12.8. The molecule has 0 saturated heterocycles. The zero-order valence-corrected chi connectivity index (χ0v) is 20.1. The molecule has 33 heavy (non-hydrogen) atoms. The zero-order valence-electron chi connectivity index (χ0n) is 18.5. The summed E-state index contributed by atoms with van der Waals surface area (Å²) in [7, 11) is 1.58. The van der Waals surface area contributed by atoms with Crippen LogP contribution < -0.4 is 10.1 Å². The molecule has 0 bridgehead atoms. The molecule has 0 spiro atoms. The first kappa shape index (κ1) is 24.6. The Balaban J connectivity index is 1.68. The summed E-state index contributed by atoms with van der Waals surface area (Å²) in [6.45, 7) is 3.57. The Morgan fingerprint density at radius 3 is 2.61 bits per heavy atom. The molecule has 0 aliphatic carbocycles. The molecule has 1 atom stereocenters. The summed E-state index contributed by atoms with van der Waals surface area (Å²) >= 11 is 7.31. The van der Waals surface area contributed by atoms with E-state index in [1.54, 1.807) is 56.1 Å². The van der Waals surface area contributed by atoms with E-state index in [1.807, 2.05) is 24.3 Å². The summed E-state index contributed by atoms with van der Waals surface area (Å²) in [6.07, 6.45) is 1.34. The minimum atomic E-state index is -0.541. The molecule has 3 aromatic rings. The average molecular weight is 489 g/mol. The van der Waals surface area contributed by atoms with Crippen molar-refractivity contribution in [3.63, 3.8) is 0 Å². The number of methoxy groups -OCH3 is 1. The van der Waals surface area contributed by atoms with Crippen LogP contribution in [-0.2, 0) is 14.3 Å². The quantitative estimate of drug-likeness (QED) is 0.337. The number of esters is 1. The number of benzene rings is 2. The van der Waals surface area contributed by atoms with E-state index in [4.69, 9.17) is 21.1 Å². The molecule has 0 aliphatic heterocycles. The van der Waals surface area contributed by atoms with Gasteiger partial charge in [-0.2, -0.15) is 0 Å². The normalized spacial score (nSPS) is 11.8. The fourth-order valence-corrected chi connectivity index (χ4v) is 3.98. The maximum Gasteiger partial charge on any atom is 0.308 e. The van der Waals surface area contributed by atoms with Gasteiger partial charge < -0.3 is 14.8 Å². The molecule has 0 radical (unpaired) electrons. The Morgan fingerprint density at radius 2 is 1.94 bits per heavy atom. The Bertz CT molecular complexity index is 1090. The fraction of sp³-hybridized carbons (Fsp3) is 0.304. The molecule has 0 saturated carbocycles. The Morgan fingerprint density at radius 1 is 1.18 bits per heavy atom. The standard InChI is InChI=1S/C23H25ClN4O4S/c1-15(2)32-22(30)12-20(16-7-9-19(31-3)10-8-16)26-21(29)13-33-23-27-25-14-28(23)18-6-4-5-17(24)11-18/h4-11,14-15,20H,12-13H2,1-3H3,(H,26,29). The number of carbonyl (C=O) groups is 2. The number of thioether (sulfide) groups is 1. The van der Waals surface area contributed by atoms with Crippen LogP contribution in [0.1, 0.15) is 31.9 Å². The number of carbonyl (C=O) groups excluding carboxylic acids is 2. The van der Waals surface area contributed by atoms with Crippen molar-refractivity contribution < 1.29 is 19.1 Å². The van der Waals surface area contributed by atoms with E-state index in [0.29, 0.717) is 15.9 Å². The van der Waals surface area contributed by atoms with Gasteiger partial charge in [-0.15, -0.1) is 10.2 Å². The number of hydrogen-bond acceptors (Lipinski definition) is 7. The van der Waals surface area contributed by atoms with Gasteiger partial charge in [0.25, 0.3) is 0 Å². The van der Waals surface area contributed by atoms with E-state index < -0.39 is 6.04 Å². The molecular formula is C23H25ClN4O4S. The lowest BCUT2D eigenvalue weighted by atomic mass is 10.0. The van der Waals surface area contributed by atoms with Gasteiger partial charge in [0.2, 0.25) is 5.91 Å². The monoisotopic (exact) mass is 488 g/mol. The van der Waals surface area contributed by atoms with E-state index in [0.717, 1.165) is 11.3 Å². The van der Waals surface area contributed by atoms with Crippen molar-refractivity contribution in [2.45, 2.75) is 37.6 Å². The van der Waals surface area contributed by atoms with E-state index in [2.05, 4.69) is 15.5 Å². The molecule has 0 aliphatic rings. The third-order valence-electron chi connectivity index (χ3n) is 4.53. The van der Waals surface area contributed by atoms with Crippen LogP contribution in [0, 0.1) is 0 Å². The first-order valence-electron chi connectivity index (χ1n) is 10.3. The highest BCUT2D eigenvalue weighted by atomic mass is 35.5. The number of amides is 1. The molecule has 0 fully saturated rings. The second-order valence-corrected chi connectivity index (χ2v) is 8.77. The van der Waals surface area contributed by atoms with Crippen LogP contribution in [0.15, 0.2) is 60.0 Å². The number of nitrogens with zero attached hydrogens (tertiary/aromatic N) is 3. The predicted octanol–water partition coefficient (Wildman–Crippen LogP) is 4.22. The van der Waals surface area contributed by atoms with Crippen molar-refractivity contribution in [3.05, 3.63) is 65.4 Å². The maximum atomic E-state index is 12.8. The Kier molecular flexibility index (Phi) is 8.73. The summed E-state index contributed by atoms with van der Waals surface area (Å²) in [5.74, 6) is 0.133. The molecule has 10 heteroatoms. The number of aromatic nitrogens is 3. The predicted molar refractivity (Wildman–Crippen MR) is 127 cm³/mol. The van der Waals surface area contributed by atoms with Crippen molar-refractivity contribution in [1.29, 1.82) is 0 Å². The molecule has 1 heterocycles. The van der Waals surface area contributed by atoms with Gasteiger partial charge in [-0.25, -0.2) is 0 Å². The zero-order chi connectivity index (χ0) is 23.8. The number of ether oxygens (including phenoxy) is 2. The third-order valence-corrected chi connectivity index (χ3v) is 5.70. The second-order valence-electron chi connectivity index (χ2n) is 7.39. The van der Waals surface area contributed by atoms with Gasteiger partial charge >= 0.3 is 5.97 Å². The third kappa shape index (κ3) is 7.23. The molecule has 1 unspecified atom stereocenters. The summed E-state index contributed by atoms with van der Waals surface area (Å²) in [5, 5.41) is 12.1. The molecular weight excluding hydrogens is 464 g/mol. The molecule has 1 amide bonds. The summed E-state index contributed by atoms with van der Waals surface area (Å²) in [5.41, 5.74) is 1.57. The average Bonchev–Trinajstić information content (AvgIpc) is 3.25. The van der Waals surface area contributed by atoms with Gasteiger partial charge in [0.15, 0.2) is 5.16 Å². The van der Waals surface area contributed by atoms with Crippen LogP contribution in [0.2, 0.25) is 5.02 Å². The van der Waals surface area contributed by atoms with Crippen molar-refractivity contribution in [3.8, 4) is 11.4 Å². The second kappa shape index (κ2) is 11.7. The summed E-state index contributed by atoms with van der Waals surface area (Å²) in [4.78, 5) is 25.0. The van der Waals surface area contributed by atoms with Crippen LogP contribution in [0.3, 0.4) is 0 Å². The number of nitrogens with one attached hydrogen (secondary N) is 1. The lowest BCUT2D eigenvalue weighted by Crippen LogP contribution is -2.32.